The predicted molar refractivity (Wildman–Crippen MR) is 64.2 cm³/mol. The number of aromatic nitrogens is 3. The van der Waals surface area contributed by atoms with Gasteiger partial charge in [0.2, 0.25) is 0 Å². The number of aldehydes is 1. The maximum atomic E-state index is 10.9. The lowest BCUT2D eigenvalue weighted by Crippen LogP contribution is -1.99. The van der Waals surface area contributed by atoms with E-state index in [0.717, 1.165) is 22.0 Å². The molecule has 16 heavy (non-hydrogen) atoms. The van der Waals surface area contributed by atoms with Gasteiger partial charge in [0.15, 0.2) is 12.0 Å². The van der Waals surface area contributed by atoms with Crippen molar-refractivity contribution in [1.82, 2.24) is 15.0 Å². The second-order valence-corrected chi connectivity index (χ2v) is 4.18. The van der Waals surface area contributed by atoms with Crippen LogP contribution in [0.2, 0.25) is 0 Å². The van der Waals surface area contributed by atoms with Crippen LogP contribution < -0.4 is 0 Å². The molecule has 0 unspecified atom stereocenters. The average molecular weight is 280 g/mol. The van der Waals surface area contributed by atoms with Gasteiger partial charge in [-0.1, -0.05) is 33.3 Å². The van der Waals surface area contributed by atoms with E-state index in [-0.39, 0.29) is 0 Å². The summed E-state index contributed by atoms with van der Waals surface area (Å²) < 4.78 is 2.71. The van der Waals surface area contributed by atoms with Crippen LogP contribution in [0.25, 0.3) is 11.3 Å². The van der Waals surface area contributed by atoms with Crippen LogP contribution in [-0.2, 0) is 6.54 Å². The van der Waals surface area contributed by atoms with Crippen LogP contribution in [0.1, 0.15) is 17.4 Å². The van der Waals surface area contributed by atoms with Crippen LogP contribution in [0.4, 0.5) is 0 Å². The number of halogens is 1. The van der Waals surface area contributed by atoms with Gasteiger partial charge in [-0.15, -0.1) is 5.10 Å². The highest BCUT2D eigenvalue weighted by Crippen LogP contribution is 2.23. The summed E-state index contributed by atoms with van der Waals surface area (Å²) in [7, 11) is 0. The molecule has 0 bridgehead atoms. The van der Waals surface area contributed by atoms with E-state index in [2.05, 4.69) is 26.2 Å². The molecule has 1 aromatic carbocycles. The lowest BCUT2D eigenvalue weighted by molar-refractivity contribution is 0.111. The van der Waals surface area contributed by atoms with Gasteiger partial charge in [-0.05, 0) is 19.1 Å². The topological polar surface area (TPSA) is 47.8 Å². The van der Waals surface area contributed by atoms with Gasteiger partial charge in [-0.2, -0.15) is 0 Å². The highest BCUT2D eigenvalue weighted by atomic mass is 79.9. The fraction of sp³-hybridized carbons (Fsp3) is 0.182. The zero-order chi connectivity index (χ0) is 11.5. The first-order valence-corrected chi connectivity index (χ1v) is 5.70. The first-order chi connectivity index (χ1) is 7.76. The Morgan fingerprint density at radius 2 is 2.06 bits per heavy atom. The van der Waals surface area contributed by atoms with Crippen molar-refractivity contribution in [3.63, 3.8) is 0 Å². The van der Waals surface area contributed by atoms with Crippen LogP contribution in [0.5, 0.6) is 0 Å². The Morgan fingerprint density at radius 3 is 2.62 bits per heavy atom. The molecule has 2 aromatic rings. The van der Waals surface area contributed by atoms with Gasteiger partial charge in [0.1, 0.15) is 0 Å². The highest BCUT2D eigenvalue weighted by Gasteiger charge is 2.12. The Labute approximate surface area is 101 Å². The average Bonchev–Trinajstić information content (AvgIpc) is 2.73. The molecule has 0 saturated heterocycles. The number of carbonyl (C=O) groups excluding carboxylic acids is 1. The maximum Gasteiger partial charge on any atom is 0.172 e. The summed E-state index contributed by atoms with van der Waals surface area (Å²) in [5, 5.41) is 7.77. The summed E-state index contributed by atoms with van der Waals surface area (Å²) in [4.78, 5) is 10.9. The minimum Gasteiger partial charge on any atom is -0.296 e. The predicted octanol–water partition coefficient (Wildman–Crippen LogP) is 2.54. The van der Waals surface area contributed by atoms with E-state index in [1.54, 1.807) is 4.68 Å². The van der Waals surface area contributed by atoms with Gasteiger partial charge >= 0.3 is 0 Å². The highest BCUT2D eigenvalue weighted by molar-refractivity contribution is 9.10. The molecule has 2 rings (SSSR count). The smallest absolute Gasteiger partial charge is 0.172 e. The summed E-state index contributed by atoms with van der Waals surface area (Å²) in [5.74, 6) is 0. The zero-order valence-electron chi connectivity index (χ0n) is 8.72. The molecule has 0 aliphatic rings. The fourth-order valence-electron chi connectivity index (χ4n) is 1.53. The molecule has 0 aliphatic heterocycles. The van der Waals surface area contributed by atoms with Crippen molar-refractivity contribution in [3.05, 3.63) is 34.4 Å². The van der Waals surface area contributed by atoms with Crippen LogP contribution in [0.15, 0.2) is 28.7 Å². The Hall–Kier alpha value is -1.49. The number of aryl methyl sites for hydroxylation is 1. The summed E-state index contributed by atoms with van der Waals surface area (Å²) in [6.07, 6.45) is 0.733. The maximum absolute atomic E-state index is 10.9. The molecule has 0 amide bonds. The van der Waals surface area contributed by atoms with E-state index in [4.69, 9.17) is 0 Å². The number of rotatable bonds is 3. The molecule has 1 heterocycles. The van der Waals surface area contributed by atoms with Crippen molar-refractivity contribution in [2.24, 2.45) is 0 Å². The SMILES string of the molecule is CCn1nnc(C=O)c1-c1ccc(Br)cc1. The largest absolute Gasteiger partial charge is 0.296 e. The Kier molecular flexibility index (Phi) is 3.14. The molecular weight excluding hydrogens is 270 g/mol. The molecular formula is C11H10BrN3O. The zero-order valence-corrected chi connectivity index (χ0v) is 10.3. The number of carbonyl (C=O) groups is 1. The van der Waals surface area contributed by atoms with E-state index in [0.29, 0.717) is 12.2 Å². The molecule has 0 atom stereocenters. The van der Waals surface area contributed by atoms with Crippen LogP contribution in [0.3, 0.4) is 0 Å². The van der Waals surface area contributed by atoms with Crippen LogP contribution in [-0.4, -0.2) is 21.3 Å². The first-order valence-electron chi connectivity index (χ1n) is 4.91. The molecule has 0 aliphatic carbocycles. The summed E-state index contributed by atoms with van der Waals surface area (Å²) in [6.45, 7) is 2.65. The lowest BCUT2D eigenvalue weighted by Gasteiger charge is -2.04. The van der Waals surface area contributed by atoms with Crippen molar-refractivity contribution >= 4 is 22.2 Å². The van der Waals surface area contributed by atoms with Crippen molar-refractivity contribution in [3.8, 4) is 11.3 Å². The van der Waals surface area contributed by atoms with Crippen molar-refractivity contribution in [2.75, 3.05) is 0 Å². The lowest BCUT2D eigenvalue weighted by atomic mass is 10.1. The van der Waals surface area contributed by atoms with Crippen molar-refractivity contribution in [1.29, 1.82) is 0 Å². The summed E-state index contributed by atoms with van der Waals surface area (Å²) in [6, 6.07) is 7.72. The summed E-state index contributed by atoms with van der Waals surface area (Å²) in [5.41, 5.74) is 2.09. The molecule has 0 spiro atoms. The monoisotopic (exact) mass is 279 g/mol. The molecule has 5 heteroatoms. The molecule has 82 valence electrons. The number of benzene rings is 1. The van der Waals surface area contributed by atoms with E-state index < -0.39 is 0 Å². The van der Waals surface area contributed by atoms with E-state index in [1.165, 1.54) is 0 Å². The van der Waals surface area contributed by atoms with Gasteiger partial charge in [0.05, 0.1) is 5.69 Å². The van der Waals surface area contributed by atoms with Crippen molar-refractivity contribution < 1.29 is 4.79 Å². The molecule has 0 fully saturated rings. The Bertz CT molecular complexity index is 504. The quantitative estimate of drug-likeness (QED) is 0.812. The summed E-state index contributed by atoms with van der Waals surface area (Å²) >= 11 is 3.37. The normalized spacial score (nSPS) is 10.4. The van der Waals surface area contributed by atoms with Crippen molar-refractivity contribution in [2.45, 2.75) is 13.5 Å². The van der Waals surface area contributed by atoms with E-state index in [9.17, 15) is 4.79 Å². The number of hydrogen-bond acceptors (Lipinski definition) is 3. The van der Waals surface area contributed by atoms with Gasteiger partial charge in [0, 0.05) is 16.6 Å². The second kappa shape index (κ2) is 4.57. The van der Waals surface area contributed by atoms with Crippen LogP contribution in [0, 0.1) is 0 Å². The van der Waals surface area contributed by atoms with Gasteiger partial charge in [-0.3, -0.25) is 4.79 Å². The Balaban J connectivity index is 2.57. The third-order valence-electron chi connectivity index (χ3n) is 2.29. The third-order valence-corrected chi connectivity index (χ3v) is 2.82. The van der Waals surface area contributed by atoms with Crippen LogP contribution >= 0.6 is 15.9 Å². The molecule has 0 radical (unpaired) electrons. The van der Waals surface area contributed by atoms with Gasteiger partial charge in [-0.25, -0.2) is 4.68 Å². The Morgan fingerprint density at radius 1 is 1.38 bits per heavy atom. The molecule has 0 N–H and O–H groups in total. The minimum atomic E-state index is 0.379. The number of hydrogen-bond donors (Lipinski definition) is 0. The number of nitrogens with zero attached hydrogens (tertiary/aromatic N) is 3. The van der Waals surface area contributed by atoms with Gasteiger partial charge < -0.3 is 0 Å². The first kappa shape index (κ1) is 11.0. The third kappa shape index (κ3) is 1.90. The van der Waals surface area contributed by atoms with Gasteiger partial charge in [0.25, 0.3) is 0 Å². The van der Waals surface area contributed by atoms with E-state index >= 15 is 0 Å². The standard InChI is InChI=1S/C11H10BrN3O/c1-2-15-11(10(7-16)13-14-15)8-3-5-9(12)6-4-8/h3-7H,2H2,1H3. The molecule has 1 aromatic heterocycles. The minimum absolute atomic E-state index is 0.379. The molecule has 4 nitrogen and oxygen atoms in total. The fourth-order valence-corrected chi connectivity index (χ4v) is 1.80. The second-order valence-electron chi connectivity index (χ2n) is 3.26. The van der Waals surface area contributed by atoms with E-state index in [1.807, 2.05) is 31.2 Å². The molecule has 0 saturated carbocycles.